The second kappa shape index (κ2) is 4.96. The first kappa shape index (κ1) is 15.7. The molecule has 1 aromatic rings. The van der Waals surface area contributed by atoms with Crippen molar-refractivity contribution in [2.45, 2.75) is 37.9 Å². The standard InChI is InChI=1S/C14H20O4S/c1-13(2,3)19(17,18)10-14(4,12(15)16)11-8-6-5-7-9-11/h5-9H,10H2,1-4H3,(H,15,16)/t14-/m0/s1. The Kier molecular flexibility index (Phi) is 4.10. The topological polar surface area (TPSA) is 71.4 Å². The zero-order valence-electron chi connectivity index (χ0n) is 11.7. The Morgan fingerprint density at radius 1 is 1.11 bits per heavy atom. The van der Waals surface area contributed by atoms with Crippen LogP contribution in [0.25, 0.3) is 0 Å². The van der Waals surface area contributed by atoms with Gasteiger partial charge in [-0.05, 0) is 33.3 Å². The molecule has 1 atom stereocenters. The Balaban J connectivity index is 3.29. The lowest BCUT2D eigenvalue weighted by Crippen LogP contribution is -2.44. The number of carboxylic acids is 1. The maximum absolute atomic E-state index is 12.3. The summed E-state index contributed by atoms with van der Waals surface area (Å²) in [6, 6.07) is 8.48. The van der Waals surface area contributed by atoms with Gasteiger partial charge in [0, 0.05) is 0 Å². The molecule has 0 aliphatic rings. The van der Waals surface area contributed by atoms with Crippen LogP contribution < -0.4 is 0 Å². The molecule has 0 fully saturated rings. The zero-order chi connectivity index (χ0) is 14.9. The fourth-order valence-corrected chi connectivity index (χ4v) is 3.15. The van der Waals surface area contributed by atoms with Crippen LogP contribution in [0.4, 0.5) is 0 Å². The Bertz CT molecular complexity index is 555. The van der Waals surface area contributed by atoms with Crippen molar-refractivity contribution in [3.8, 4) is 0 Å². The van der Waals surface area contributed by atoms with Crippen molar-refractivity contribution in [3.05, 3.63) is 35.9 Å². The van der Waals surface area contributed by atoms with E-state index < -0.39 is 31.7 Å². The molecule has 0 unspecified atom stereocenters. The molecule has 0 aliphatic heterocycles. The van der Waals surface area contributed by atoms with Crippen molar-refractivity contribution in [3.63, 3.8) is 0 Å². The summed E-state index contributed by atoms with van der Waals surface area (Å²) in [6.07, 6.45) is 0. The maximum Gasteiger partial charge on any atom is 0.314 e. The summed E-state index contributed by atoms with van der Waals surface area (Å²) in [6.45, 7) is 6.19. The summed E-state index contributed by atoms with van der Waals surface area (Å²) in [4.78, 5) is 11.6. The molecule has 0 amide bonds. The van der Waals surface area contributed by atoms with Crippen LogP contribution in [0.2, 0.25) is 0 Å². The van der Waals surface area contributed by atoms with Crippen LogP contribution in [-0.2, 0) is 20.0 Å². The van der Waals surface area contributed by atoms with E-state index in [1.807, 2.05) is 0 Å². The fraction of sp³-hybridized carbons (Fsp3) is 0.500. The van der Waals surface area contributed by atoms with Crippen molar-refractivity contribution in [1.82, 2.24) is 0 Å². The van der Waals surface area contributed by atoms with E-state index in [0.717, 1.165) is 0 Å². The van der Waals surface area contributed by atoms with Crippen LogP contribution in [-0.4, -0.2) is 30.0 Å². The Labute approximate surface area is 114 Å². The summed E-state index contributed by atoms with van der Waals surface area (Å²) in [5.74, 6) is -1.55. The number of aliphatic carboxylic acids is 1. The van der Waals surface area contributed by atoms with E-state index in [0.29, 0.717) is 5.56 Å². The zero-order valence-corrected chi connectivity index (χ0v) is 12.5. The molecule has 1 rings (SSSR count). The first-order chi connectivity index (χ1) is 8.51. The summed E-state index contributed by atoms with van der Waals surface area (Å²) in [7, 11) is -3.53. The lowest BCUT2D eigenvalue weighted by Gasteiger charge is -2.29. The average Bonchev–Trinajstić information content (AvgIpc) is 2.27. The van der Waals surface area contributed by atoms with Gasteiger partial charge in [0.2, 0.25) is 0 Å². The molecule has 106 valence electrons. The van der Waals surface area contributed by atoms with Crippen molar-refractivity contribution < 1.29 is 18.3 Å². The summed E-state index contributed by atoms with van der Waals surface area (Å²) in [5, 5.41) is 9.45. The first-order valence-electron chi connectivity index (χ1n) is 6.02. The maximum atomic E-state index is 12.3. The molecule has 0 radical (unpaired) electrons. The number of sulfone groups is 1. The number of carbonyl (C=O) groups is 1. The summed E-state index contributed by atoms with van der Waals surface area (Å²) in [5.41, 5.74) is -0.941. The average molecular weight is 284 g/mol. The SMILES string of the molecule is CC(C)(C)S(=O)(=O)C[C@](C)(C(=O)O)c1ccccc1. The molecular weight excluding hydrogens is 264 g/mol. The molecule has 4 nitrogen and oxygen atoms in total. The lowest BCUT2D eigenvalue weighted by molar-refractivity contribution is -0.142. The van der Waals surface area contributed by atoms with Crippen LogP contribution >= 0.6 is 0 Å². The van der Waals surface area contributed by atoms with Gasteiger partial charge in [-0.1, -0.05) is 30.3 Å². The fourth-order valence-electron chi connectivity index (χ4n) is 1.67. The van der Waals surface area contributed by atoms with E-state index in [-0.39, 0.29) is 0 Å². The molecular formula is C14H20O4S. The highest BCUT2D eigenvalue weighted by Gasteiger charge is 2.43. The molecule has 5 heteroatoms. The molecule has 0 heterocycles. The highest BCUT2D eigenvalue weighted by atomic mass is 32.2. The van der Waals surface area contributed by atoms with Crippen LogP contribution in [0.1, 0.15) is 33.3 Å². The lowest BCUT2D eigenvalue weighted by atomic mass is 9.85. The van der Waals surface area contributed by atoms with Gasteiger partial charge in [0.15, 0.2) is 9.84 Å². The highest BCUT2D eigenvalue weighted by Crippen LogP contribution is 2.30. The molecule has 0 bridgehead atoms. The minimum atomic E-state index is -3.53. The van der Waals surface area contributed by atoms with E-state index in [1.54, 1.807) is 51.1 Å². The Morgan fingerprint density at radius 2 is 1.58 bits per heavy atom. The van der Waals surface area contributed by atoms with E-state index in [1.165, 1.54) is 6.92 Å². The number of rotatable bonds is 4. The quantitative estimate of drug-likeness (QED) is 0.920. The highest BCUT2D eigenvalue weighted by molar-refractivity contribution is 7.92. The van der Waals surface area contributed by atoms with Gasteiger partial charge in [-0.15, -0.1) is 0 Å². The van der Waals surface area contributed by atoms with Gasteiger partial charge >= 0.3 is 5.97 Å². The largest absolute Gasteiger partial charge is 0.481 e. The third kappa shape index (κ3) is 3.15. The normalized spacial score (nSPS) is 15.8. The van der Waals surface area contributed by atoms with Crippen LogP contribution in [0.5, 0.6) is 0 Å². The third-order valence-electron chi connectivity index (χ3n) is 3.29. The van der Waals surface area contributed by atoms with E-state index in [4.69, 9.17) is 0 Å². The second-order valence-corrected chi connectivity index (χ2v) is 8.62. The van der Waals surface area contributed by atoms with Crippen LogP contribution in [0.3, 0.4) is 0 Å². The third-order valence-corrected chi connectivity index (χ3v) is 6.12. The molecule has 0 spiro atoms. The van der Waals surface area contributed by atoms with E-state index >= 15 is 0 Å². The Morgan fingerprint density at radius 3 is 1.95 bits per heavy atom. The molecule has 0 aromatic heterocycles. The van der Waals surface area contributed by atoms with Crippen molar-refractivity contribution in [2.24, 2.45) is 0 Å². The van der Waals surface area contributed by atoms with Crippen LogP contribution in [0.15, 0.2) is 30.3 Å². The molecule has 19 heavy (non-hydrogen) atoms. The molecule has 0 aliphatic carbocycles. The molecule has 0 saturated heterocycles. The monoisotopic (exact) mass is 284 g/mol. The smallest absolute Gasteiger partial charge is 0.314 e. The van der Waals surface area contributed by atoms with Gasteiger partial charge in [-0.2, -0.15) is 0 Å². The van der Waals surface area contributed by atoms with E-state index in [9.17, 15) is 18.3 Å². The molecule has 1 N–H and O–H groups in total. The molecule has 1 aromatic carbocycles. The number of carboxylic acid groups (broad SMARTS) is 1. The van der Waals surface area contributed by atoms with Gasteiger partial charge in [0.25, 0.3) is 0 Å². The summed E-state index contributed by atoms with van der Waals surface area (Å²) < 4.78 is 23.6. The van der Waals surface area contributed by atoms with Gasteiger partial charge in [-0.3, -0.25) is 4.79 Å². The minimum absolute atomic E-state index is 0.414. The van der Waals surface area contributed by atoms with Crippen LogP contribution in [0, 0.1) is 0 Å². The number of benzene rings is 1. The first-order valence-corrected chi connectivity index (χ1v) is 7.67. The Hall–Kier alpha value is -1.36. The number of hydrogen-bond acceptors (Lipinski definition) is 3. The van der Waals surface area contributed by atoms with Crippen molar-refractivity contribution in [2.75, 3.05) is 5.75 Å². The predicted octanol–water partition coefficient (Wildman–Crippen LogP) is 2.24. The minimum Gasteiger partial charge on any atom is -0.481 e. The van der Waals surface area contributed by atoms with Crippen molar-refractivity contribution in [1.29, 1.82) is 0 Å². The second-order valence-electron chi connectivity index (χ2n) is 5.87. The van der Waals surface area contributed by atoms with Gasteiger partial charge in [0.1, 0.15) is 5.41 Å². The van der Waals surface area contributed by atoms with Gasteiger partial charge in [0.05, 0.1) is 10.5 Å². The summed E-state index contributed by atoms with van der Waals surface area (Å²) >= 11 is 0. The van der Waals surface area contributed by atoms with E-state index in [2.05, 4.69) is 0 Å². The number of hydrogen-bond donors (Lipinski definition) is 1. The molecule has 0 saturated carbocycles. The van der Waals surface area contributed by atoms with Gasteiger partial charge < -0.3 is 5.11 Å². The predicted molar refractivity (Wildman–Crippen MR) is 75.0 cm³/mol. The van der Waals surface area contributed by atoms with Gasteiger partial charge in [-0.25, -0.2) is 8.42 Å². The van der Waals surface area contributed by atoms with Crippen molar-refractivity contribution >= 4 is 15.8 Å².